The van der Waals surface area contributed by atoms with Crippen LogP contribution in [0.2, 0.25) is 0 Å². The minimum Gasteiger partial charge on any atom is -0.314 e. The fourth-order valence-electron chi connectivity index (χ4n) is 1.90. The quantitative estimate of drug-likeness (QED) is 0.752. The highest BCUT2D eigenvalue weighted by atomic mass is 14.9. The average molecular weight is 205 g/mol. The first-order valence-corrected chi connectivity index (χ1v) is 6.07. The second-order valence-electron chi connectivity index (χ2n) is 4.23. The molecule has 0 amide bonds. The number of rotatable bonds is 6. The Labute approximate surface area is 93.9 Å². The van der Waals surface area contributed by atoms with Crippen molar-refractivity contribution in [2.24, 2.45) is 0 Å². The molecule has 0 aromatic heterocycles. The Balaban J connectivity index is 2.48. The summed E-state index contributed by atoms with van der Waals surface area (Å²) in [4.78, 5) is 0. The molecule has 15 heavy (non-hydrogen) atoms. The molecule has 0 radical (unpaired) electrons. The largest absolute Gasteiger partial charge is 0.314 e. The molecule has 0 spiro atoms. The van der Waals surface area contributed by atoms with Crippen LogP contribution in [0.4, 0.5) is 0 Å². The van der Waals surface area contributed by atoms with E-state index in [-0.39, 0.29) is 0 Å². The highest BCUT2D eigenvalue weighted by Gasteiger charge is 2.01. The van der Waals surface area contributed by atoms with E-state index in [9.17, 15) is 0 Å². The van der Waals surface area contributed by atoms with E-state index in [1.54, 1.807) is 0 Å². The number of hydrogen-bond acceptors (Lipinski definition) is 1. The first-order chi connectivity index (χ1) is 7.26. The Kier molecular flexibility index (Phi) is 5.41. The van der Waals surface area contributed by atoms with Gasteiger partial charge in [-0.05, 0) is 37.4 Å². The lowest BCUT2D eigenvalue weighted by atomic mass is 10.0. The second kappa shape index (κ2) is 6.62. The minimum absolute atomic E-state index is 0.576. The van der Waals surface area contributed by atoms with E-state index in [4.69, 9.17) is 0 Å². The molecular formula is C14H23N. The number of nitrogens with one attached hydrogen (secondary N) is 1. The van der Waals surface area contributed by atoms with Crippen LogP contribution in [0.15, 0.2) is 24.3 Å². The van der Waals surface area contributed by atoms with Crippen molar-refractivity contribution in [1.29, 1.82) is 0 Å². The molecule has 1 heteroatoms. The zero-order chi connectivity index (χ0) is 11.1. The lowest BCUT2D eigenvalue weighted by Crippen LogP contribution is -2.27. The molecule has 0 aliphatic heterocycles. The van der Waals surface area contributed by atoms with Crippen molar-refractivity contribution < 1.29 is 0 Å². The summed E-state index contributed by atoms with van der Waals surface area (Å²) in [5.74, 6) is 0. The summed E-state index contributed by atoms with van der Waals surface area (Å²) in [5, 5.41) is 3.43. The van der Waals surface area contributed by atoms with E-state index < -0.39 is 0 Å². The molecule has 0 aliphatic carbocycles. The van der Waals surface area contributed by atoms with Crippen molar-refractivity contribution in [2.75, 3.05) is 6.54 Å². The predicted octanol–water partition coefficient (Wildman–Crippen LogP) is 3.18. The van der Waals surface area contributed by atoms with Gasteiger partial charge in [0.25, 0.3) is 0 Å². The number of likely N-dealkylation sites (N-methyl/N-ethyl adjacent to an activating group) is 1. The Morgan fingerprint density at radius 2 is 1.67 bits per heavy atom. The predicted molar refractivity (Wildman–Crippen MR) is 67.3 cm³/mol. The summed E-state index contributed by atoms with van der Waals surface area (Å²) in [6.07, 6.45) is 3.55. The smallest absolute Gasteiger partial charge is 0.00790 e. The second-order valence-corrected chi connectivity index (χ2v) is 4.23. The van der Waals surface area contributed by atoms with Crippen molar-refractivity contribution in [3.05, 3.63) is 35.4 Å². The van der Waals surface area contributed by atoms with Gasteiger partial charge >= 0.3 is 0 Å². The Morgan fingerprint density at radius 1 is 1.07 bits per heavy atom. The van der Waals surface area contributed by atoms with E-state index in [1.807, 2.05) is 0 Å². The number of aryl methyl sites for hydroxylation is 1. The molecule has 1 atom stereocenters. The summed E-state index contributed by atoms with van der Waals surface area (Å²) in [6, 6.07) is 9.62. The first kappa shape index (κ1) is 12.3. The van der Waals surface area contributed by atoms with E-state index in [0.717, 1.165) is 13.0 Å². The third-order valence-corrected chi connectivity index (χ3v) is 2.66. The van der Waals surface area contributed by atoms with Crippen molar-refractivity contribution in [3.8, 4) is 0 Å². The van der Waals surface area contributed by atoms with Gasteiger partial charge in [-0.25, -0.2) is 0 Å². The van der Waals surface area contributed by atoms with Gasteiger partial charge < -0.3 is 5.32 Å². The highest BCUT2D eigenvalue weighted by molar-refractivity contribution is 5.23. The van der Waals surface area contributed by atoms with Crippen LogP contribution >= 0.6 is 0 Å². The fourth-order valence-corrected chi connectivity index (χ4v) is 1.90. The lowest BCUT2D eigenvalue weighted by molar-refractivity contribution is 0.565. The maximum absolute atomic E-state index is 3.43. The molecule has 0 saturated heterocycles. The van der Waals surface area contributed by atoms with Crippen LogP contribution in [-0.2, 0) is 12.8 Å². The van der Waals surface area contributed by atoms with Crippen molar-refractivity contribution in [3.63, 3.8) is 0 Å². The molecule has 1 rings (SSSR count). The topological polar surface area (TPSA) is 12.0 Å². The van der Waals surface area contributed by atoms with Gasteiger partial charge in [0.15, 0.2) is 0 Å². The van der Waals surface area contributed by atoms with E-state index in [1.165, 1.54) is 24.0 Å². The van der Waals surface area contributed by atoms with Gasteiger partial charge in [-0.1, -0.05) is 44.5 Å². The summed E-state index contributed by atoms with van der Waals surface area (Å²) in [5.41, 5.74) is 2.89. The van der Waals surface area contributed by atoms with Crippen molar-refractivity contribution in [2.45, 2.75) is 46.1 Å². The molecule has 1 nitrogen and oxygen atoms in total. The van der Waals surface area contributed by atoms with Gasteiger partial charge in [0.05, 0.1) is 0 Å². The van der Waals surface area contributed by atoms with Gasteiger partial charge in [0, 0.05) is 6.04 Å². The van der Waals surface area contributed by atoms with Gasteiger partial charge in [0.2, 0.25) is 0 Å². The van der Waals surface area contributed by atoms with Crippen LogP contribution in [0.3, 0.4) is 0 Å². The normalized spacial score (nSPS) is 12.7. The molecule has 0 heterocycles. The van der Waals surface area contributed by atoms with Gasteiger partial charge in [-0.3, -0.25) is 0 Å². The van der Waals surface area contributed by atoms with Crippen LogP contribution in [0, 0.1) is 0 Å². The zero-order valence-electron chi connectivity index (χ0n) is 10.2. The maximum Gasteiger partial charge on any atom is 0.00790 e. The number of benzene rings is 1. The molecule has 84 valence electrons. The summed E-state index contributed by atoms with van der Waals surface area (Å²) in [6.45, 7) is 7.67. The third kappa shape index (κ3) is 4.48. The Hall–Kier alpha value is -0.820. The summed E-state index contributed by atoms with van der Waals surface area (Å²) >= 11 is 0. The molecular weight excluding hydrogens is 182 g/mol. The SMILES string of the molecule is CCCc1ccc(CC(C)NCC)cc1. The van der Waals surface area contributed by atoms with E-state index in [2.05, 4.69) is 50.4 Å². The molecule has 1 unspecified atom stereocenters. The van der Waals surface area contributed by atoms with Gasteiger partial charge in [0.1, 0.15) is 0 Å². The average Bonchev–Trinajstić information content (AvgIpc) is 2.22. The van der Waals surface area contributed by atoms with Crippen LogP contribution in [0.1, 0.15) is 38.3 Å². The molecule has 0 bridgehead atoms. The summed E-state index contributed by atoms with van der Waals surface area (Å²) < 4.78 is 0. The molecule has 0 aliphatic rings. The lowest BCUT2D eigenvalue weighted by Gasteiger charge is -2.12. The van der Waals surface area contributed by atoms with Crippen LogP contribution in [0.25, 0.3) is 0 Å². The maximum atomic E-state index is 3.43. The van der Waals surface area contributed by atoms with Crippen LogP contribution < -0.4 is 5.32 Å². The van der Waals surface area contributed by atoms with Crippen molar-refractivity contribution in [1.82, 2.24) is 5.32 Å². The van der Waals surface area contributed by atoms with E-state index in [0.29, 0.717) is 6.04 Å². The number of hydrogen-bond donors (Lipinski definition) is 1. The highest BCUT2D eigenvalue weighted by Crippen LogP contribution is 2.08. The van der Waals surface area contributed by atoms with Crippen LogP contribution in [-0.4, -0.2) is 12.6 Å². The first-order valence-electron chi connectivity index (χ1n) is 6.07. The van der Waals surface area contributed by atoms with Crippen LogP contribution in [0.5, 0.6) is 0 Å². The third-order valence-electron chi connectivity index (χ3n) is 2.66. The van der Waals surface area contributed by atoms with Gasteiger partial charge in [-0.15, -0.1) is 0 Å². The molecule has 0 fully saturated rings. The molecule has 1 aromatic rings. The van der Waals surface area contributed by atoms with Gasteiger partial charge in [-0.2, -0.15) is 0 Å². The summed E-state index contributed by atoms with van der Waals surface area (Å²) in [7, 11) is 0. The monoisotopic (exact) mass is 205 g/mol. The Bertz CT molecular complexity index is 263. The molecule has 0 saturated carbocycles. The van der Waals surface area contributed by atoms with E-state index >= 15 is 0 Å². The minimum atomic E-state index is 0.576. The fraction of sp³-hybridized carbons (Fsp3) is 0.571. The molecule has 1 N–H and O–H groups in total. The molecule has 1 aromatic carbocycles. The standard InChI is InChI=1S/C14H23N/c1-4-6-13-7-9-14(10-8-13)11-12(3)15-5-2/h7-10,12,15H,4-6,11H2,1-3H3. The van der Waals surface area contributed by atoms with Crippen molar-refractivity contribution >= 4 is 0 Å². The zero-order valence-corrected chi connectivity index (χ0v) is 10.2. The Morgan fingerprint density at radius 3 is 2.20 bits per heavy atom.